The SMILES string of the molecule is CSc1nc(NCCc2cccc(C)c2)c2cnn(/C=C/c3ccccc3)c2n1. The molecule has 2 aromatic heterocycles. The van der Waals surface area contributed by atoms with Crippen molar-refractivity contribution in [1.82, 2.24) is 19.7 Å². The minimum absolute atomic E-state index is 0.727. The van der Waals surface area contributed by atoms with Crippen molar-refractivity contribution in [3.05, 3.63) is 77.5 Å². The average Bonchev–Trinajstić information content (AvgIpc) is 3.16. The molecule has 0 radical (unpaired) electrons. The van der Waals surface area contributed by atoms with Gasteiger partial charge in [0.25, 0.3) is 0 Å². The molecule has 4 rings (SSSR count). The minimum atomic E-state index is 0.727. The number of thioether (sulfide) groups is 1. The van der Waals surface area contributed by atoms with Crippen LogP contribution in [0.25, 0.3) is 23.3 Å². The fraction of sp³-hybridized carbons (Fsp3) is 0.174. The van der Waals surface area contributed by atoms with Crippen molar-refractivity contribution in [1.29, 1.82) is 0 Å². The van der Waals surface area contributed by atoms with Gasteiger partial charge in [-0.25, -0.2) is 14.6 Å². The van der Waals surface area contributed by atoms with Crippen LogP contribution in [0.15, 0.2) is 66.0 Å². The van der Waals surface area contributed by atoms with E-state index in [0.29, 0.717) is 0 Å². The molecule has 0 unspecified atom stereocenters. The van der Waals surface area contributed by atoms with Gasteiger partial charge in [0, 0.05) is 12.7 Å². The molecule has 1 N–H and O–H groups in total. The molecule has 0 atom stereocenters. The summed E-state index contributed by atoms with van der Waals surface area (Å²) >= 11 is 1.53. The average molecular weight is 402 g/mol. The number of aryl methyl sites for hydroxylation is 1. The molecule has 0 spiro atoms. The first-order chi connectivity index (χ1) is 14.2. The van der Waals surface area contributed by atoms with E-state index in [1.165, 1.54) is 22.9 Å². The maximum Gasteiger partial charge on any atom is 0.191 e. The first-order valence-corrected chi connectivity index (χ1v) is 10.8. The fourth-order valence-electron chi connectivity index (χ4n) is 3.15. The third-order valence-corrected chi connectivity index (χ3v) is 5.16. The van der Waals surface area contributed by atoms with Gasteiger partial charge in [0.1, 0.15) is 5.82 Å². The molecular weight excluding hydrogens is 378 g/mol. The number of benzene rings is 2. The minimum Gasteiger partial charge on any atom is -0.369 e. The van der Waals surface area contributed by atoms with Crippen molar-refractivity contribution in [2.75, 3.05) is 18.1 Å². The van der Waals surface area contributed by atoms with E-state index < -0.39 is 0 Å². The molecule has 0 amide bonds. The van der Waals surface area contributed by atoms with Gasteiger partial charge in [0.15, 0.2) is 10.8 Å². The Balaban J connectivity index is 1.57. The molecule has 2 aromatic carbocycles. The number of rotatable bonds is 7. The zero-order valence-corrected chi connectivity index (χ0v) is 17.4. The second kappa shape index (κ2) is 8.92. The van der Waals surface area contributed by atoms with Gasteiger partial charge in [-0.3, -0.25) is 0 Å². The lowest BCUT2D eigenvalue weighted by Crippen LogP contribution is -2.08. The van der Waals surface area contributed by atoms with E-state index in [0.717, 1.165) is 40.5 Å². The predicted molar refractivity (Wildman–Crippen MR) is 122 cm³/mol. The molecule has 0 aliphatic carbocycles. The van der Waals surface area contributed by atoms with E-state index in [1.807, 2.05) is 42.9 Å². The summed E-state index contributed by atoms with van der Waals surface area (Å²) in [6, 6.07) is 18.8. The van der Waals surface area contributed by atoms with Crippen LogP contribution < -0.4 is 5.32 Å². The van der Waals surface area contributed by atoms with Gasteiger partial charge in [0.05, 0.1) is 11.6 Å². The molecular formula is C23H23N5S. The number of hydrogen-bond acceptors (Lipinski definition) is 5. The topological polar surface area (TPSA) is 55.6 Å². The zero-order valence-electron chi connectivity index (χ0n) is 16.5. The van der Waals surface area contributed by atoms with Gasteiger partial charge < -0.3 is 5.32 Å². The molecule has 0 saturated carbocycles. The maximum absolute atomic E-state index is 4.67. The number of anilines is 1. The van der Waals surface area contributed by atoms with Crippen molar-refractivity contribution < 1.29 is 0 Å². The van der Waals surface area contributed by atoms with Crippen LogP contribution >= 0.6 is 11.8 Å². The summed E-state index contributed by atoms with van der Waals surface area (Å²) in [6.07, 6.45) is 8.70. The molecule has 0 saturated heterocycles. The Morgan fingerprint density at radius 2 is 1.93 bits per heavy atom. The summed E-state index contributed by atoms with van der Waals surface area (Å²) in [5, 5.41) is 9.63. The normalized spacial score (nSPS) is 11.4. The van der Waals surface area contributed by atoms with Crippen LogP contribution in [-0.4, -0.2) is 32.5 Å². The van der Waals surface area contributed by atoms with E-state index in [9.17, 15) is 0 Å². The Morgan fingerprint density at radius 3 is 2.72 bits per heavy atom. The van der Waals surface area contributed by atoms with Gasteiger partial charge in [0.2, 0.25) is 0 Å². The first kappa shape index (κ1) is 19.2. The van der Waals surface area contributed by atoms with E-state index in [-0.39, 0.29) is 0 Å². The van der Waals surface area contributed by atoms with Crippen molar-refractivity contribution in [2.24, 2.45) is 0 Å². The Labute approximate surface area is 174 Å². The van der Waals surface area contributed by atoms with Crippen LogP contribution in [-0.2, 0) is 6.42 Å². The maximum atomic E-state index is 4.67. The van der Waals surface area contributed by atoms with Gasteiger partial charge in [-0.05, 0) is 36.8 Å². The number of aromatic nitrogens is 4. The van der Waals surface area contributed by atoms with E-state index in [4.69, 9.17) is 0 Å². The van der Waals surface area contributed by atoms with Crippen LogP contribution in [0, 0.1) is 6.92 Å². The lowest BCUT2D eigenvalue weighted by Gasteiger charge is -2.09. The monoisotopic (exact) mass is 401 g/mol. The van der Waals surface area contributed by atoms with Crippen LogP contribution in [0.4, 0.5) is 5.82 Å². The highest BCUT2D eigenvalue weighted by atomic mass is 32.2. The summed E-state index contributed by atoms with van der Waals surface area (Å²) in [5.41, 5.74) is 4.51. The third-order valence-electron chi connectivity index (χ3n) is 4.61. The quantitative estimate of drug-likeness (QED) is 0.343. The summed E-state index contributed by atoms with van der Waals surface area (Å²) in [7, 11) is 0. The van der Waals surface area contributed by atoms with Crippen LogP contribution in [0.2, 0.25) is 0 Å². The van der Waals surface area contributed by atoms with E-state index >= 15 is 0 Å². The Hall–Kier alpha value is -3.12. The fourth-order valence-corrected chi connectivity index (χ4v) is 3.51. The van der Waals surface area contributed by atoms with E-state index in [1.54, 1.807) is 4.68 Å². The van der Waals surface area contributed by atoms with Gasteiger partial charge >= 0.3 is 0 Å². The largest absolute Gasteiger partial charge is 0.369 e. The summed E-state index contributed by atoms with van der Waals surface area (Å²) < 4.78 is 1.80. The molecule has 0 bridgehead atoms. The number of nitrogens with zero attached hydrogens (tertiary/aromatic N) is 4. The second-order valence-corrected chi connectivity index (χ2v) is 7.55. The van der Waals surface area contributed by atoms with Crippen molar-refractivity contribution in [3.63, 3.8) is 0 Å². The van der Waals surface area contributed by atoms with Gasteiger partial charge in [-0.1, -0.05) is 71.9 Å². The lowest BCUT2D eigenvalue weighted by molar-refractivity contribution is 0.915. The molecule has 0 aliphatic heterocycles. The molecule has 146 valence electrons. The molecule has 5 nitrogen and oxygen atoms in total. The Kier molecular flexibility index (Phi) is 5.91. The number of nitrogens with one attached hydrogen (secondary N) is 1. The van der Waals surface area contributed by atoms with E-state index in [2.05, 4.69) is 63.7 Å². The molecule has 2 heterocycles. The molecule has 29 heavy (non-hydrogen) atoms. The summed E-state index contributed by atoms with van der Waals surface area (Å²) in [5.74, 6) is 0.825. The Morgan fingerprint density at radius 1 is 1.07 bits per heavy atom. The van der Waals surface area contributed by atoms with Crippen molar-refractivity contribution in [3.8, 4) is 0 Å². The predicted octanol–water partition coefficient (Wildman–Crippen LogP) is 5.14. The molecule has 0 fully saturated rings. The van der Waals surface area contributed by atoms with Crippen LogP contribution in [0.3, 0.4) is 0 Å². The Bertz CT molecular complexity index is 1130. The smallest absolute Gasteiger partial charge is 0.191 e. The standard InChI is InChI=1S/C23H23N5S/c1-17-7-6-10-19(15-17)11-13-24-21-20-16-25-28(22(20)27-23(26-21)29-2)14-12-18-8-4-3-5-9-18/h3-10,12,14-16H,11,13H2,1-2H3,(H,24,26,27)/b14-12+. The molecule has 0 aliphatic rings. The first-order valence-electron chi connectivity index (χ1n) is 9.55. The van der Waals surface area contributed by atoms with Gasteiger partial charge in [-0.15, -0.1) is 0 Å². The highest BCUT2D eigenvalue weighted by molar-refractivity contribution is 7.98. The van der Waals surface area contributed by atoms with Crippen molar-refractivity contribution >= 4 is 40.9 Å². The number of fused-ring (bicyclic) bond motifs is 1. The summed E-state index contributed by atoms with van der Waals surface area (Å²) in [6.45, 7) is 2.92. The molecule has 6 heteroatoms. The van der Waals surface area contributed by atoms with Crippen LogP contribution in [0.1, 0.15) is 16.7 Å². The second-order valence-electron chi connectivity index (χ2n) is 6.78. The zero-order chi connectivity index (χ0) is 20.1. The summed E-state index contributed by atoms with van der Waals surface area (Å²) in [4.78, 5) is 9.33. The third kappa shape index (κ3) is 4.66. The number of hydrogen-bond donors (Lipinski definition) is 1. The highest BCUT2D eigenvalue weighted by Crippen LogP contribution is 2.24. The van der Waals surface area contributed by atoms with Gasteiger partial charge in [-0.2, -0.15) is 5.10 Å². The van der Waals surface area contributed by atoms with Crippen LogP contribution in [0.5, 0.6) is 0 Å². The lowest BCUT2D eigenvalue weighted by atomic mass is 10.1. The molecule has 4 aromatic rings. The highest BCUT2D eigenvalue weighted by Gasteiger charge is 2.11. The van der Waals surface area contributed by atoms with Crippen molar-refractivity contribution in [2.45, 2.75) is 18.5 Å².